The highest BCUT2D eigenvalue weighted by Crippen LogP contribution is 2.34. The van der Waals surface area contributed by atoms with Crippen molar-refractivity contribution < 1.29 is 0 Å². The number of nitrogens with zero attached hydrogens (tertiary/aromatic N) is 2. The number of aromatic nitrogens is 2. The van der Waals surface area contributed by atoms with E-state index in [1.165, 1.54) is 44.2 Å². The van der Waals surface area contributed by atoms with Crippen molar-refractivity contribution in [2.75, 3.05) is 7.05 Å². The van der Waals surface area contributed by atoms with Crippen molar-refractivity contribution in [1.82, 2.24) is 15.1 Å². The number of hydrogen-bond donors (Lipinski definition) is 1. The van der Waals surface area contributed by atoms with Crippen LogP contribution < -0.4 is 5.32 Å². The van der Waals surface area contributed by atoms with E-state index in [4.69, 9.17) is 11.6 Å². The van der Waals surface area contributed by atoms with Gasteiger partial charge < -0.3 is 5.32 Å². The molecule has 19 heavy (non-hydrogen) atoms. The van der Waals surface area contributed by atoms with Crippen LogP contribution in [0.25, 0.3) is 0 Å². The topological polar surface area (TPSA) is 29.9 Å². The van der Waals surface area contributed by atoms with Crippen LogP contribution in [0.4, 0.5) is 0 Å². The molecule has 1 atom stereocenters. The van der Waals surface area contributed by atoms with Gasteiger partial charge in [0.1, 0.15) is 0 Å². The van der Waals surface area contributed by atoms with Gasteiger partial charge in [-0.3, -0.25) is 4.68 Å². The minimum Gasteiger partial charge on any atom is -0.312 e. The summed E-state index contributed by atoms with van der Waals surface area (Å²) < 4.78 is 2.08. The maximum Gasteiger partial charge on any atom is 0.0834 e. The first-order valence-corrected chi connectivity index (χ1v) is 8.02. The van der Waals surface area contributed by atoms with Gasteiger partial charge in [0.05, 0.1) is 23.0 Å². The van der Waals surface area contributed by atoms with Crippen molar-refractivity contribution >= 4 is 11.6 Å². The fourth-order valence-electron chi connectivity index (χ4n) is 3.23. The summed E-state index contributed by atoms with van der Waals surface area (Å²) in [5.41, 5.74) is 1.18. The van der Waals surface area contributed by atoms with Crippen LogP contribution in [0.15, 0.2) is 6.20 Å². The highest BCUT2D eigenvalue weighted by molar-refractivity contribution is 6.31. The second-order valence-corrected chi connectivity index (χ2v) is 6.09. The summed E-state index contributed by atoms with van der Waals surface area (Å²) >= 11 is 6.35. The zero-order valence-electron chi connectivity index (χ0n) is 12.2. The first-order chi connectivity index (χ1) is 9.26. The van der Waals surface area contributed by atoms with Gasteiger partial charge in [0.2, 0.25) is 0 Å². The molecular weight excluding hydrogens is 258 g/mol. The van der Waals surface area contributed by atoms with E-state index in [9.17, 15) is 0 Å². The third-order valence-electron chi connectivity index (χ3n) is 4.24. The van der Waals surface area contributed by atoms with Crippen molar-refractivity contribution in [1.29, 1.82) is 0 Å². The van der Waals surface area contributed by atoms with Crippen LogP contribution in [0.1, 0.15) is 63.6 Å². The van der Waals surface area contributed by atoms with Crippen LogP contribution in [0, 0.1) is 5.92 Å². The SMILES string of the molecule is CCCn1ncc(Cl)c1C(CC1CCCCC1)NC. The molecule has 0 amide bonds. The van der Waals surface area contributed by atoms with E-state index in [0.717, 1.165) is 23.9 Å². The lowest BCUT2D eigenvalue weighted by molar-refractivity contribution is 0.299. The monoisotopic (exact) mass is 283 g/mol. The average Bonchev–Trinajstić information content (AvgIpc) is 2.79. The Kier molecular flexibility index (Phi) is 5.71. The molecule has 0 bridgehead atoms. The number of aryl methyl sites for hydroxylation is 1. The molecule has 1 unspecified atom stereocenters. The van der Waals surface area contributed by atoms with Gasteiger partial charge in [-0.1, -0.05) is 50.6 Å². The molecule has 1 aromatic rings. The Labute approximate surface area is 121 Å². The average molecular weight is 284 g/mol. The Bertz CT molecular complexity index is 383. The first-order valence-electron chi connectivity index (χ1n) is 7.64. The highest BCUT2D eigenvalue weighted by atomic mass is 35.5. The first kappa shape index (κ1) is 14.9. The lowest BCUT2D eigenvalue weighted by Gasteiger charge is -2.27. The number of rotatable bonds is 6. The van der Waals surface area contributed by atoms with Crippen molar-refractivity contribution in [3.63, 3.8) is 0 Å². The largest absolute Gasteiger partial charge is 0.312 e. The molecule has 1 saturated carbocycles. The maximum atomic E-state index is 6.35. The van der Waals surface area contributed by atoms with E-state index in [1.54, 1.807) is 6.20 Å². The van der Waals surface area contributed by atoms with E-state index >= 15 is 0 Å². The van der Waals surface area contributed by atoms with Gasteiger partial charge in [-0.15, -0.1) is 0 Å². The Morgan fingerprint density at radius 3 is 2.79 bits per heavy atom. The fraction of sp³-hybridized carbons (Fsp3) is 0.800. The van der Waals surface area contributed by atoms with E-state index in [0.29, 0.717) is 6.04 Å². The summed E-state index contributed by atoms with van der Waals surface area (Å²) in [6.07, 6.45) is 11.0. The van der Waals surface area contributed by atoms with Gasteiger partial charge >= 0.3 is 0 Å². The van der Waals surface area contributed by atoms with E-state index < -0.39 is 0 Å². The Morgan fingerprint density at radius 2 is 2.16 bits per heavy atom. The summed E-state index contributed by atoms with van der Waals surface area (Å²) in [5.74, 6) is 0.840. The van der Waals surface area contributed by atoms with E-state index in [2.05, 4.69) is 22.0 Å². The van der Waals surface area contributed by atoms with Crippen LogP contribution in [-0.2, 0) is 6.54 Å². The van der Waals surface area contributed by atoms with Crippen molar-refractivity contribution in [2.45, 2.75) is 64.5 Å². The molecule has 4 heteroatoms. The minimum atomic E-state index is 0.338. The lowest BCUT2D eigenvalue weighted by atomic mass is 9.84. The number of halogens is 1. The summed E-state index contributed by atoms with van der Waals surface area (Å²) in [5, 5.41) is 8.67. The standard InChI is InChI=1S/C15H26ClN3/c1-3-9-19-15(13(16)11-18-19)14(17-2)10-12-7-5-4-6-8-12/h11-12,14,17H,3-10H2,1-2H3. The molecule has 1 aromatic heterocycles. The van der Waals surface area contributed by atoms with Crippen LogP contribution in [0.5, 0.6) is 0 Å². The highest BCUT2D eigenvalue weighted by Gasteiger charge is 2.23. The molecule has 1 aliphatic carbocycles. The molecule has 108 valence electrons. The second-order valence-electron chi connectivity index (χ2n) is 5.68. The second kappa shape index (κ2) is 7.30. The molecule has 0 aliphatic heterocycles. The molecular formula is C15H26ClN3. The van der Waals surface area contributed by atoms with Gasteiger partial charge in [-0.2, -0.15) is 5.10 Å². The van der Waals surface area contributed by atoms with E-state index in [1.807, 2.05) is 7.05 Å². The van der Waals surface area contributed by atoms with Gasteiger partial charge in [-0.25, -0.2) is 0 Å². The Morgan fingerprint density at radius 1 is 1.42 bits per heavy atom. The maximum absolute atomic E-state index is 6.35. The summed E-state index contributed by atoms with van der Waals surface area (Å²) in [7, 11) is 2.03. The molecule has 0 saturated heterocycles. The van der Waals surface area contributed by atoms with E-state index in [-0.39, 0.29) is 0 Å². The molecule has 1 aliphatic rings. The predicted molar refractivity (Wildman–Crippen MR) is 80.5 cm³/mol. The zero-order valence-corrected chi connectivity index (χ0v) is 12.9. The summed E-state index contributed by atoms with van der Waals surface area (Å²) in [6, 6.07) is 0.338. The predicted octanol–water partition coefficient (Wildman–Crippen LogP) is 4.18. The van der Waals surface area contributed by atoms with Crippen LogP contribution in [-0.4, -0.2) is 16.8 Å². The van der Waals surface area contributed by atoms with Gasteiger partial charge in [0.25, 0.3) is 0 Å². The number of hydrogen-bond acceptors (Lipinski definition) is 2. The van der Waals surface area contributed by atoms with Crippen LogP contribution >= 0.6 is 11.6 Å². The van der Waals surface area contributed by atoms with Gasteiger partial charge in [-0.05, 0) is 25.8 Å². The minimum absolute atomic E-state index is 0.338. The Hall–Kier alpha value is -0.540. The summed E-state index contributed by atoms with van der Waals surface area (Å²) in [4.78, 5) is 0. The molecule has 3 nitrogen and oxygen atoms in total. The molecule has 0 aromatic carbocycles. The molecule has 0 spiro atoms. The molecule has 1 heterocycles. The molecule has 0 radical (unpaired) electrons. The Balaban J connectivity index is 2.09. The third kappa shape index (κ3) is 3.73. The normalized spacial score (nSPS) is 18.7. The quantitative estimate of drug-likeness (QED) is 0.849. The third-order valence-corrected chi connectivity index (χ3v) is 4.53. The summed E-state index contributed by atoms with van der Waals surface area (Å²) in [6.45, 7) is 3.12. The smallest absolute Gasteiger partial charge is 0.0834 e. The van der Waals surface area contributed by atoms with Gasteiger partial charge in [0, 0.05) is 6.54 Å². The van der Waals surface area contributed by atoms with Gasteiger partial charge in [0.15, 0.2) is 0 Å². The molecule has 1 N–H and O–H groups in total. The lowest BCUT2D eigenvalue weighted by Crippen LogP contribution is -2.24. The number of nitrogens with one attached hydrogen (secondary N) is 1. The molecule has 2 rings (SSSR count). The van der Waals surface area contributed by atoms with Crippen LogP contribution in [0.3, 0.4) is 0 Å². The fourth-order valence-corrected chi connectivity index (χ4v) is 3.50. The van der Waals surface area contributed by atoms with Crippen molar-refractivity contribution in [2.24, 2.45) is 5.92 Å². The molecule has 1 fully saturated rings. The van der Waals surface area contributed by atoms with Crippen molar-refractivity contribution in [3.05, 3.63) is 16.9 Å². The van der Waals surface area contributed by atoms with Crippen molar-refractivity contribution in [3.8, 4) is 0 Å². The zero-order chi connectivity index (χ0) is 13.7. The van der Waals surface area contributed by atoms with Crippen LogP contribution in [0.2, 0.25) is 5.02 Å².